The van der Waals surface area contributed by atoms with Crippen molar-refractivity contribution in [1.29, 1.82) is 0 Å². The van der Waals surface area contributed by atoms with E-state index in [9.17, 15) is 8.42 Å². The van der Waals surface area contributed by atoms with Crippen LogP contribution in [0.2, 0.25) is 0 Å². The van der Waals surface area contributed by atoms with Gasteiger partial charge in [0, 0.05) is 6.20 Å². The maximum Gasteiger partial charge on any atom is 0.329 e. The fraction of sp³-hybridized carbons (Fsp3) is 0.400. The van der Waals surface area contributed by atoms with Gasteiger partial charge in [-0.2, -0.15) is 13.1 Å². The van der Waals surface area contributed by atoms with Gasteiger partial charge in [0.2, 0.25) is 0 Å². The predicted octanol–water partition coefficient (Wildman–Crippen LogP) is -1.37. The second kappa shape index (κ2) is 3.55. The summed E-state index contributed by atoms with van der Waals surface area (Å²) in [5, 5.41) is 8.35. The van der Waals surface area contributed by atoms with Crippen molar-refractivity contribution in [2.24, 2.45) is 0 Å². The van der Waals surface area contributed by atoms with E-state index in [1.165, 1.54) is 18.7 Å². The number of hydrogen-bond donors (Lipinski definition) is 1. The molecule has 0 spiro atoms. The van der Waals surface area contributed by atoms with Crippen LogP contribution in [-0.2, 0) is 10.1 Å². The standard InChI is InChI=1S/C5H8N2O4S/c8-3-4-12(9,10)11-7-2-1-6-5-7/h1-2,5,8H,3-4H2. The summed E-state index contributed by atoms with van der Waals surface area (Å²) in [6, 6.07) is 0. The Bertz CT molecular complexity index is 317. The topological polar surface area (TPSA) is 81.4 Å². The van der Waals surface area contributed by atoms with Gasteiger partial charge in [0.1, 0.15) is 12.1 Å². The van der Waals surface area contributed by atoms with Crippen molar-refractivity contribution in [2.45, 2.75) is 0 Å². The molecule has 12 heavy (non-hydrogen) atoms. The minimum atomic E-state index is -3.68. The van der Waals surface area contributed by atoms with Crippen LogP contribution in [0.3, 0.4) is 0 Å². The minimum absolute atomic E-state index is 0.425. The van der Waals surface area contributed by atoms with Gasteiger partial charge < -0.3 is 5.11 Å². The zero-order valence-electron chi connectivity index (χ0n) is 6.12. The molecule has 0 saturated carbocycles. The van der Waals surface area contributed by atoms with Gasteiger partial charge >= 0.3 is 10.1 Å². The molecule has 0 radical (unpaired) electrons. The Morgan fingerprint density at radius 1 is 1.58 bits per heavy atom. The first-order valence-electron chi connectivity index (χ1n) is 3.15. The molecular formula is C5H8N2O4S. The second-order valence-electron chi connectivity index (χ2n) is 1.98. The van der Waals surface area contributed by atoms with Crippen LogP contribution >= 0.6 is 0 Å². The number of aliphatic hydroxyl groups excluding tert-OH is 1. The van der Waals surface area contributed by atoms with E-state index < -0.39 is 22.5 Å². The van der Waals surface area contributed by atoms with Crippen molar-refractivity contribution in [3.05, 3.63) is 18.7 Å². The molecule has 1 N–H and O–H groups in total. The van der Waals surface area contributed by atoms with Crippen LogP contribution in [0.5, 0.6) is 0 Å². The predicted molar refractivity (Wildman–Crippen MR) is 39.7 cm³/mol. The molecule has 0 bridgehead atoms. The van der Waals surface area contributed by atoms with E-state index in [-0.39, 0.29) is 0 Å². The van der Waals surface area contributed by atoms with E-state index in [0.29, 0.717) is 0 Å². The highest BCUT2D eigenvalue weighted by Gasteiger charge is 2.10. The van der Waals surface area contributed by atoms with Crippen molar-refractivity contribution in [2.75, 3.05) is 12.4 Å². The van der Waals surface area contributed by atoms with Gasteiger partial charge in [0.15, 0.2) is 0 Å². The number of hydrogen-bond acceptors (Lipinski definition) is 5. The molecule has 0 aliphatic rings. The minimum Gasteiger partial charge on any atom is -0.395 e. The molecule has 0 aliphatic carbocycles. The number of aromatic nitrogens is 2. The lowest BCUT2D eigenvalue weighted by Gasteiger charge is -2.03. The quantitative estimate of drug-likeness (QED) is 0.636. The van der Waals surface area contributed by atoms with Crippen molar-refractivity contribution in [3.8, 4) is 0 Å². The van der Waals surface area contributed by atoms with E-state index >= 15 is 0 Å². The zero-order chi connectivity index (χ0) is 9.03. The summed E-state index contributed by atoms with van der Waals surface area (Å²) in [5.74, 6) is -0.425. The van der Waals surface area contributed by atoms with Crippen molar-refractivity contribution >= 4 is 10.1 Å². The Kier molecular flexibility index (Phi) is 2.66. The smallest absolute Gasteiger partial charge is 0.329 e. The monoisotopic (exact) mass is 192 g/mol. The number of rotatable bonds is 4. The Morgan fingerprint density at radius 3 is 2.83 bits per heavy atom. The average Bonchev–Trinajstić information content (AvgIpc) is 2.38. The second-order valence-corrected chi connectivity index (χ2v) is 3.66. The first-order valence-corrected chi connectivity index (χ1v) is 4.73. The van der Waals surface area contributed by atoms with Crippen LogP contribution in [0, 0.1) is 0 Å². The van der Waals surface area contributed by atoms with Crippen LogP contribution in [0.4, 0.5) is 0 Å². The molecule has 0 unspecified atom stereocenters. The molecule has 0 amide bonds. The van der Waals surface area contributed by atoms with E-state index in [2.05, 4.69) is 9.27 Å². The van der Waals surface area contributed by atoms with Crippen LogP contribution in [-0.4, -0.2) is 35.6 Å². The van der Waals surface area contributed by atoms with Crippen molar-refractivity contribution < 1.29 is 17.8 Å². The summed E-state index contributed by atoms with van der Waals surface area (Å²) < 4.78 is 27.1. The normalized spacial score (nSPS) is 11.4. The molecule has 0 saturated heterocycles. The highest BCUT2D eigenvalue weighted by molar-refractivity contribution is 7.86. The molecule has 0 fully saturated rings. The molecular weight excluding hydrogens is 184 g/mol. The third-order valence-corrected chi connectivity index (χ3v) is 2.10. The largest absolute Gasteiger partial charge is 0.395 e. The lowest BCUT2D eigenvalue weighted by Crippen LogP contribution is -2.23. The SMILES string of the molecule is O=S(=O)(CCO)On1ccnc1. The lowest BCUT2D eigenvalue weighted by atomic mass is 10.9. The Labute approximate surface area is 69.5 Å². The summed E-state index contributed by atoms with van der Waals surface area (Å²) in [6.45, 7) is -0.461. The fourth-order valence-electron chi connectivity index (χ4n) is 0.571. The number of nitrogens with zero attached hydrogens (tertiary/aromatic N) is 2. The molecule has 0 atom stereocenters. The average molecular weight is 192 g/mol. The molecule has 0 aliphatic heterocycles. The Morgan fingerprint density at radius 2 is 2.33 bits per heavy atom. The van der Waals surface area contributed by atoms with Gasteiger partial charge in [0.25, 0.3) is 0 Å². The van der Waals surface area contributed by atoms with Crippen LogP contribution in [0.15, 0.2) is 18.7 Å². The van der Waals surface area contributed by atoms with E-state index in [1.54, 1.807) is 0 Å². The maximum absolute atomic E-state index is 10.9. The molecule has 6 nitrogen and oxygen atoms in total. The molecule has 1 aromatic rings. The Balaban J connectivity index is 2.63. The number of imidazole rings is 1. The first kappa shape index (κ1) is 9.01. The van der Waals surface area contributed by atoms with Crippen molar-refractivity contribution in [3.63, 3.8) is 0 Å². The summed E-state index contributed by atoms with van der Waals surface area (Å²) >= 11 is 0. The van der Waals surface area contributed by atoms with Gasteiger partial charge in [-0.3, -0.25) is 4.28 Å². The van der Waals surface area contributed by atoms with Gasteiger partial charge in [-0.15, -0.1) is 0 Å². The molecule has 68 valence electrons. The number of aliphatic hydroxyl groups is 1. The summed E-state index contributed by atoms with van der Waals surface area (Å²) in [6.07, 6.45) is 3.93. The molecule has 1 aromatic heterocycles. The van der Waals surface area contributed by atoms with E-state index in [0.717, 1.165) is 4.73 Å². The van der Waals surface area contributed by atoms with Crippen LogP contribution < -0.4 is 4.28 Å². The zero-order valence-corrected chi connectivity index (χ0v) is 6.94. The van der Waals surface area contributed by atoms with Crippen molar-refractivity contribution in [1.82, 2.24) is 9.71 Å². The highest BCUT2D eigenvalue weighted by atomic mass is 32.2. The summed E-state index contributed by atoms with van der Waals surface area (Å²) in [7, 11) is -3.68. The molecule has 1 heterocycles. The van der Waals surface area contributed by atoms with Gasteiger partial charge in [0.05, 0.1) is 12.8 Å². The van der Waals surface area contributed by atoms with Gasteiger partial charge in [-0.05, 0) is 0 Å². The molecule has 7 heteroatoms. The highest BCUT2D eigenvalue weighted by Crippen LogP contribution is 1.89. The Hall–Kier alpha value is -1.08. The molecule has 0 aromatic carbocycles. The van der Waals surface area contributed by atoms with Crippen LogP contribution in [0.1, 0.15) is 0 Å². The lowest BCUT2D eigenvalue weighted by molar-refractivity contribution is 0.266. The van der Waals surface area contributed by atoms with E-state index in [4.69, 9.17) is 5.11 Å². The summed E-state index contributed by atoms with van der Waals surface area (Å²) in [4.78, 5) is 3.58. The first-order chi connectivity index (χ1) is 5.64. The van der Waals surface area contributed by atoms with Crippen LogP contribution in [0.25, 0.3) is 0 Å². The van der Waals surface area contributed by atoms with Gasteiger partial charge in [-0.25, -0.2) is 4.98 Å². The fourth-order valence-corrected chi connectivity index (χ4v) is 1.22. The molecule has 1 rings (SSSR count). The van der Waals surface area contributed by atoms with E-state index in [1.807, 2.05) is 0 Å². The third-order valence-electron chi connectivity index (χ3n) is 1.02. The third kappa shape index (κ3) is 2.51. The van der Waals surface area contributed by atoms with Gasteiger partial charge in [-0.1, -0.05) is 0 Å². The maximum atomic E-state index is 10.9. The summed E-state index contributed by atoms with van der Waals surface area (Å²) in [5.41, 5.74) is 0.